The van der Waals surface area contributed by atoms with Crippen molar-refractivity contribution in [2.75, 3.05) is 12.0 Å². The highest BCUT2D eigenvalue weighted by atomic mass is 19.4. The maximum absolute atomic E-state index is 12.6. The number of halogens is 3. The molecule has 32 heavy (non-hydrogen) atoms. The Morgan fingerprint density at radius 2 is 1.75 bits per heavy atom. The third-order valence-electron chi connectivity index (χ3n) is 3.81. The highest BCUT2D eigenvalue weighted by Crippen LogP contribution is 2.28. The van der Waals surface area contributed by atoms with Crippen LogP contribution in [0.4, 0.5) is 23.8 Å². The molecule has 1 heterocycles. The van der Waals surface area contributed by atoms with Gasteiger partial charge in [-0.2, -0.15) is 13.2 Å². The number of nitrogens with one attached hydrogen (secondary N) is 3. The number of hydrogen-bond acceptors (Lipinski definition) is 6. The van der Waals surface area contributed by atoms with E-state index < -0.39 is 35.4 Å². The Morgan fingerprint density at radius 3 is 2.31 bits per heavy atom. The molecule has 0 aliphatic rings. The van der Waals surface area contributed by atoms with Crippen molar-refractivity contribution < 1.29 is 32.2 Å². The van der Waals surface area contributed by atoms with Gasteiger partial charge < -0.3 is 14.8 Å². The fourth-order valence-corrected chi connectivity index (χ4v) is 2.35. The lowest BCUT2D eigenvalue weighted by Crippen LogP contribution is -2.51. The maximum atomic E-state index is 12.6. The molecule has 0 radical (unpaired) electrons. The van der Waals surface area contributed by atoms with Crippen molar-refractivity contribution in [2.45, 2.75) is 45.2 Å². The predicted octanol–water partition coefficient (Wildman–Crippen LogP) is 3.65. The zero-order valence-electron chi connectivity index (χ0n) is 17.8. The van der Waals surface area contributed by atoms with Crippen LogP contribution in [-0.2, 0) is 27.1 Å². The minimum Gasteiger partial charge on any atom is -0.444 e. The van der Waals surface area contributed by atoms with Crippen molar-refractivity contribution in [3.05, 3.63) is 59.8 Å². The first-order valence-corrected chi connectivity index (χ1v) is 9.64. The third kappa shape index (κ3) is 8.80. The summed E-state index contributed by atoms with van der Waals surface area (Å²) in [5, 5.41) is 2.42. The van der Waals surface area contributed by atoms with Crippen LogP contribution >= 0.6 is 0 Å². The van der Waals surface area contributed by atoms with E-state index in [9.17, 15) is 22.8 Å². The Labute approximate surface area is 183 Å². The number of amides is 2. The molecule has 0 saturated carbocycles. The van der Waals surface area contributed by atoms with Crippen molar-refractivity contribution in [1.29, 1.82) is 0 Å². The Bertz CT molecular complexity index is 885. The quantitative estimate of drug-likeness (QED) is 0.527. The standard InChI is InChI=1S/C21H25F3N4O4/c1-20(2,3)32-19(30)26-16(13-31-12-14-7-5-4-6-8-14)18(29)28-27-17-10-9-15(11-25-17)21(22,23)24/h4-11,16H,12-13H2,1-3H3,(H,25,27)(H,26,30)(H,28,29)/t16-/m0/s1. The number of carbonyl (C=O) groups is 2. The van der Waals surface area contributed by atoms with Crippen LogP contribution < -0.4 is 16.2 Å². The summed E-state index contributed by atoms with van der Waals surface area (Å²) in [6.07, 6.45) is -4.71. The number of ether oxygens (including phenoxy) is 2. The van der Waals surface area contributed by atoms with Gasteiger partial charge in [0, 0.05) is 6.20 Å². The lowest BCUT2D eigenvalue weighted by Gasteiger charge is -2.23. The SMILES string of the molecule is CC(C)(C)OC(=O)N[C@@H](COCc1ccccc1)C(=O)NNc1ccc(C(F)(F)F)cn1. The highest BCUT2D eigenvalue weighted by molar-refractivity contribution is 5.86. The van der Waals surface area contributed by atoms with Crippen LogP contribution in [0.3, 0.4) is 0 Å². The maximum Gasteiger partial charge on any atom is 0.417 e. The van der Waals surface area contributed by atoms with E-state index in [1.165, 1.54) is 0 Å². The molecule has 0 aliphatic carbocycles. The average molecular weight is 454 g/mol. The van der Waals surface area contributed by atoms with Crippen LogP contribution in [-0.4, -0.2) is 35.2 Å². The van der Waals surface area contributed by atoms with E-state index in [1.54, 1.807) is 20.8 Å². The number of benzene rings is 1. The number of pyridine rings is 1. The first-order valence-electron chi connectivity index (χ1n) is 9.64. The fraction of sp³-hybridized carbons (Fsp3) is 0.381. The second kappa shape index (κ2) is 10.8. The monoisotopic (exact) mass is 454 g/mol. The molecule has 0 aliphatic heterocycles. The van der Waals surface area contributed by atoms with Crippen LogP contribution in [0.15, 0.2) is 48.7 Å². The van der Waals surface area contributed by atoms with Gasteiger partial charge in [-0.3, -0.25) is 15.6 Å². The molecule has 0 saturated heterocycles. The number of rotatable bonds is 8. The molecular formula is C21H25F3N4O4. The van der Waals surface area contributed by atoms with Crippen molar-refractivity contribution in [3.63, 3.8) is 0 Å². The Hall–Kier alpha value is -3.34. The smallest absolute Gasteiger partial charge is 0.417 e. The normalized spacial score (nSPS) is 12.6. The summed E-state index contributed by atoms with van der Waals surface area (Å²) in [5.74, 6) is -0.724. The van der Waals surface area contributed by atoms with Crippen molar-refractivity contribution in [3.8, 4) is 0 Å². The van der Waals surface area contributed by atoms with Crippen LogP contribution in [0.2, 0.25) is 0 Å². The minimum absolute atomic E-state index is 0.0208. The van der Waals surface area contributed by atoms with Gasteiger partial charge in [-0.05, 0) is 38.5 Å². The third-order valence-corrected chi connectivity index (χ3v) is 3.81. The molecule has 0 fully saturated rings. The minimum atomic E-state index is -4.52. The molecule has 3 N–H and O–H groups in total. The van der Waals surface area contributed by atoms with Crippen LogP contribution in [0.25, 0.3) is 0 Å². The summed E-state index contributed by atoms with van der Waals surface area (Å²) in [7, 11) is 0. The van der Waals surface area contributed by atoms with Gasteiger partial charge >= 0.3 is 12.3 Å². The zero-order chi connectivity index (χ0) is 23.8. The summed E-state index contributed by atoms with van der Waals surface area (Å²) in [6, 6.07) is 9.95. The molecule has 174 valence electrons. The first-order chi connectivity index (χ1) is 14.9. The van der Waals surface area contributed by atoms with E-state index in [1.807, 2.05) is 30.3 Å². The number of hydrazine groups is 1. The van der Waals surface area contributed by atoms with Crippen molar-refractivity contribution in [2.24, 2.45) is 0 Å². The molecule has 1 aromatic carbocycles. The molecule has 2 amide bonds. The Kier molecular flexibility index (Phi) is 8.41. The summed E-state index contributed by atoms with van der Waals surface area (Å²) >= 11 is 0. The van der Waals surface area contributed by atoms with E-state index in [0.29, 0.717) is 6.20 Å². The van der Waals surface area contributed by atoms with Crippen molar-refractivity contribution in [1.82, 2.24) is 15.7 Å². The van der Waals surface area contributed by atoms with Gasteiger partial charge in [0.25, 0.3) is 5.91 Å². The lowest BCUT2D eigenvalue weighted by atomic mass is 10.2. The molecule has 0 spiro atoms. The molecule has 0 bridgehead atoms. The first kappa shape index (κ1) is 24.9. The van der Waals surface area contributed by atoms with Gasteiger partial charge in [0.1, 0.15) is 17.5 Å². The molecule has 11 heteroatoms. The molecular weight excluding hydrogens is 429 g/mol. The summed E-state index contributed by atoms with van der Waals surface area (Å²) < 4.78 is 48.6. The van der Waals surface area contributed by atoms with Gasteiger partial charge in [-0.1, -0.05) is 30.3 Å². The van der Waals surface area contributed by atoms with Gasteiger partial charge in [0.2, 0.25) is 0 Å². The van der Waals surface area contributed by atoms with Gasteiger partial charge in [-0.25, -0.2) is 9.78 Å². The average Bonchev–Trinajstić information content (AvgIpc) is 2.70. The summed E-state index contributed by atoms with van der Waals surface area (Å²) in [5.41, 5.74) is 3.87. The van der Waals surface area contributed by atoms with E-state index in [-0.39, 0.29) is 19.0 Å². The van der Waals surface area contributed by atoms with E-state index in [2.05, 4.69) is 21.2 Å². The van der Waals surface area contributed by atoms with Gasteiger partial charge in [-0.15, -0.1) is 0 Å². The van der Waals surface area contributed by atoms with E-state index >= 15 is 0 Å². The molecule has 8 nitrogen and oxygen atoms in total. The molecule has 2 rings (SSSR count). The molecule has 1 aromatic heterocycles. The number of alkyl halides is 3. The fourth-order valence-electron chi connectivity index (χ4n) is 2.35. The van der Waals surface area contributed by atoms with Crippen LogP contribution in [0, 0.1) is 0 Å². The molecule has 2 aromatic rings. The number of anilines is 1. The Morgan fingerprint density at radius 1 is 1.06 bits per heavy atom. The lowest BCUT2D eigenvalue weighted by molar-refractivity contribution is -0.137. The van der Waals surface area contributed by atoms with Gasteiger partial charge in [0.15, 0.2) is 0 Å². The van der Waals surface area contributed by atoms with Gasteiger partial charge in [0.05, 0.1) is 18.8 Å². The summed E-state index contributed by atoms with van der Waals surface area (Å²) in [4.78, 5) is 28.3. The Balaban J connectivity index is 1.97. The van der Waals surface area contributed by atoms with Crippen LogP contribution in [0.5, 0.6) is 0 Å². The number of carbonyl (C=O) groups excluding carboxylic acids is 2. The summed E-state index contributed by atoms with van der Waals surface area (Å²) in [6.45, 7) is 5.04. The topological polar surface area (TPSA) is 102 Å². The second-order valence-electron chi connectivity index (χ2n) is 7.74. The van der Waals surface area contributed by atoms with Crippen LogP contribution in [0.1, 0.15) is 31.9 Å². The molecule has 0 unspecified atom stereocenters. The zero-order valence-corrected chi connectivity index (χ0v) is 17.8. The van der Waals surface area contributed by atoms with E-state index in [0.717, 1.165) is 17.7 Å². The highest BCUT2D eigenvalue weighted by Gasteiger charge is 2.30. The van der Waals surface area contributed by atoms with E-state index in [4.69, 9.17) is 9.47 Å². The molecule has 1 atom stereocenters. The number of nitrogens with zero attached hydrogens (tertiary/aromatic N) is 1. The predicted molar refractivity (Wildman–Crippen MR) is 110 cm³/mol. The largest absolute Gasteiger partial charge is 0.444 e. The number of hydrogen-bond donors (Lipinski definition) is 3. The number of aromatic nitrogens is 1. The second-order valence-corrected chi connectivity index (χ2v) is 7.74. The van der Waals surface area contributed by atoms with Crippen molar-refractivity contribution >= 4 is 17.8 Å². The number of alkyl carbamates (subject to hydrolysis) is 1.